The molecule has 0 bridgehead atoms. The fraction of sp³-hybridized carbons (Fsp3) is 0.562. The number of nitrogens with one attached hydrogen (secondary N) is 1. The first kappa shape index (κ1) is 15.5. The van der Waals surface area contributed by atoms with Crippen LogP contribution in [0.4, 0.5) is 10.5 Å². The Kier molecular flexibility index (Phi) is 5.31. The minimum absolute atomic E-state index is 0.205. The minimum atomic E-state index is -0.205. The maximum atomic E-state index is 11.7. The van der Waals surface area contributed by atoms with Crippen molar-refractivity contribution in [2.24, 2.45) is 0 Å². The van der Waals surface area contributed by atoms with Gasteiger partial charge in [0.1, 0.15) is 5.75 Å². The van der Waals surface area contributed by atoms with E-state index in [4.69, 9.17) is 9.47 Å². The number of hydrogen-bond acceptors (Lipinski definition) is 4. The molecular formula is C16H24N2O3. The van der Waals surface area contributed by atoms with Crippen LogP contribution < -0.4 is 10.1 Å². The molecule has 0 unspecified atom stereocenters. The molecule has 1 heterocycles. The van der Waals surface area contributed by atoms with Crippen molar-refractivity contribution >= 4 is 11.8 Å². The van der Waals surface area contributed by atoms with E-state index < -0.39 is 0 Å². The lowest BCUT2D eigenvalue weighted by Gasteiger charge is -2.32. The molecular weight excluding hydrogens is 268 g/mol. The molecule has 5 heteroatoms. The largest absolute Gasteiger partial charge is 0.495 e. The maximum Gasteiger partial charge on any atom is 0.409 e. The van der Waals surface area contributed by atoms with E-state index in [2.05, 4.69) is 11.4 Å². The Bertz CT molecular complexity index is 482. The van der Waals surface area contributed by atoms with Crippen LogP contribution in [0, 0.1) is 6.92 Å². The lowest BCUT2D eigenvalue weighted by atomic mass is 10.0. The van der Waals surface area contributed by atoms with E-state index in [1.165, 1.54) is 5.56 Å². The predicted octanol–water partition coefficient (Wildman–Crippen LogP) is 3.04. The zero-order valence-electron chi connectivity index (χ0n) is 13.0. The summed E-state index contributed by atoms with van der Waals surface area (Å²) in [7, 11) is 1.68. The molecule has 1 saturated heterocycles. The van der Waals surface area contributed by atoms with Gasteiger partial charge in [-0.15, -0.1) is 0 Å². The van der Waals surface area contributed by atoms with Crippen LogP contribution in [0.1, 0.15) is 25.3 Å². The quantitative estimate of drug-likeness (QED) is 0.926. The van der Waals surface area contributed by atoms with Crippen molar-refractivity contribution in [2.45, 2.75) is 32.7 Å². The van der Waals surface area contributed by atoms with E-state index in [1.807, 2.05) is 26.0 Å². The number of carbonyl (C=O) groups is 1. The number of benzene rings is 1. The molecule has 0 atom stereocenters. The zero-order valence-corrected chi connectivity index (χ0v) is 13.0. The molecule has 1 fully saturated rings. The lowest BCUT2D eigenvalue weighted by Crippen LogP contribution is -2.42. The third-order valence-corrected chi connectivity index (χ3v) is 3.74. The fourth-order valence-electron chi connectivity index (χ4n) is 2.56. The van der Waals surface area contributed by atoms with Crippen LogP contribution in [0.3, 0.4) is 0 Å². The van der Waals surface area contributed by atoms with Gasteiger partial charge < -0.3 is 19.7 Å². The van der Waals surface area contributed by atoms with Crippen molar-refractivity contribution in [1.29, 1.82) is 0 Å². The first-order valence-corrected chi connectivity index (χ1v) is 7.47. The van der Waals surface area contributed by atoms with Gasteiger partial charge in [0.2, 0.25) is 0 Å². The molecule has 0 saturated carbocycles. The van der Waals surface area contributed by atoms with Gasteiger partial charge in [-0.05, 0) is 44.4 Å². The molecule has 1 aliphatic rings. The topological polar surface area (TPSA) is 50.8 Å². The van der Waals surface area contributed by atoms with Gasteiger partial charge in [0.05, 0.1) is 19.4 Å². The minimum Gasteiger partial charge on any atom is -0.495 e. The normalized spacial score (nSPS) is 15.7. The second-order valence-electron chi connectivity index (χ2n) is 5.31. The first-order valence-electron chi connectivity index (χ1n) is 7.47. The van der Waals surface area contributed by atoms with Gasteiger partial charge in [-0.3, -0.25) is 0 Å². The van der Waals surface area contributed by atoms with Gasteiger partial charge in [-0.25, -0.2) is 4.79 Å². The van der Waals surface area contributed by atoms with Crippen LogP contribution >= 0.6 is 0 Å². The number of methoxy groups -OCH3 is 1. The number of carbonyl (C=O) groups excluding carboxylic acids is 1. The summed E-state index contributed by atoms with van der Waals surface area (Å²) in [5.74, 6) is 0.864. The second kappa shape index (κ2) is 7.20. The highest BCUT2D eigenvalue weighted by Crippen LogP contribution is 2.27. The highest BCUT2D eigenvalue weighted by Gasteiger charge is 2.23. The Labute approximate surface area is 126 Å². The number of hydrogen-bond donors (Lipinski definition) is 1. The van der Waals surface area contributed by atoms with E-state index in [1.54, 1.807) is 12.0 Å². The van der Waals surface area contributed by atoms with Crippen molar-refractivity contribution < 1.29 is 14.3 Å². The van der Waals surface area contributed by atoms with Crippen LogP contribution in [-0.2, 0) is 4.74 Å². The molecule has 5 nitrogen and oxygen atoms in total. The van der Waals surface area contributed by atoms with Gasteiger partial charge in [0.25, 0.3) is 0 Å². The van der Waals surface area contributed by atoms with Gasteiger partial charge in [0.15, 0.2) is 0 Å². The number of likely N-dealkylation sites (tertiary alicyclic amines) is 1. The van der Waals surface area contributed by atoms with Crippen LogP contribution in [0.5, 0.6) is 5.75 Å². The predicted molar refractivity (Wildman–Crippen MR) is 83.0 cm³/mol. The first-order chi connectivity index (χ1) is 10.1. The van der Waals surface area contributed by atoms with Crippen LogP contribution in [0.2, 0.25) is 0 Å². The monoisotopic (exact) mass is 292 g/mol. The number of anilines is 1. The van der Waals surface area contributed by atoms with Gasteiger partial charge >= 0.3 is 6.09 Å². The van der Waals surface area contributed by atoms with Crippen molar-refractivity contribution in [3.63, 3.8) is 0 Å². The van der Waals surface area contributed by atoms with Crippen LogP contribution in [0.15, 0.2) is 18.2 Å². The van der Waals surface area contributed by atoms with Crippen molar-refractivity contribution in [2.75, 3.05) is 32.1 Å². The van der Waals surface area contributed by atoms with Crippen LogP contribution in [-0.4, -0.2) is 43.8 Å². The molecule has 21 heavy (non-hydrogen) atoms. The lowest BCUT2D eigenvalue weighted by molar-refractivity contribution is 0.0983. The Morgan fingerprint density at radius 2 is 2.10 bits per heavy atom. The van der Waals surface area contributed by atoms with Crippen molar-refractivity contribution in [1.82, 2.24) is 4.90 Å². The van der Waals surface area contributed by atoms with E-state index in [9.17, 15) is 4.79 Å². The standard InChI is InChI=1S/C16H24N2O3/c1-4-21-16(19)18-9-7-13(8-10-18)17-14-6-5-12(2)11-15(14)20-3/h5-6,11,13,17H,4,7-10H2,1-3H3. The second-order valence-corrected chi connectivity index (χ2v) is 5.31. The zero-order chi connectivity index (χ0) is 15.2. The summed E-state index contributed by atoms with van der Waals surface area (Å²) in [6.45, 7) is 5.76. The van der Waals surface area contributed by atoms with Crippen LogP contribution in [0.25, 0.3) is 0 Å². The third-order valence-electron chi connectivity index (χ3n) is 3.74. The summed E-state index contributed by atoms with van der Waals surface area (Å²) in [4.78, 5) is 13.4. The summed E-state index contributed by atoms with van der Waals surface area (Å²) in [6.07, 6.45) is 1.62. The summed E-state index contributed by atoms with van der Waals surface area (Å²) < 4.78 is 10.4. The molecule has 0 aliphatic carbocycles. The molecule has 1 N–H and O–H groups in total. The van der Waals surface area contributed by atoms with Gasteiger partial charge in [0, 0.05) is 19.1 Å². The van der Waals surface area contributed by atoms with Crippen molar-refractivity contribution in [3.05, 3.63) is 23.8 Å². The number of ether oxygens (including phenoxy) is 2. The summed E-state index contributed by atoms with van der Waals surface area (Å²) in [6, 6.07) is 6.49. The molecule has 1 amide bonds. The molecule has 1 aliphatic heterocycles. The highest BCUT2D eigenvalue weighted by molar-refractivity contribution is 5.67. The smallest absolute Gasteiger partial charge is 0.409 e. The van der Waals surface area contributed by atoms with Crippen molar-refractivity contribution in [3.8, 4) is 5.75 Å². The molecule has 2 rings (SSSR count). The Hall–Kier alpha value is -1.91. The molecule has 0 aromatic heterocycles. The summed E-state index contributed by atoms with van der Waals surface area (Å²) in [5.41, 5.74) is 2.19. The third kappa shape index (κ3) is 4.03. The van der Waals surface area contributed by atoms with E-state index >= 15 is 0 Å². The average Bonchev–Trinajstić information content (AvgIpc) is 2.50. The molecule has 1 aromatic rings. The number of nitrogens with zero attached hydrogens (tertiary/aromatic N) is 1. The Morgan fingerprint density at radius 3 is 2.71 bits per heavy atom. The SMILES string of the molecule is CCOC(=O)N1CCC(Nc2ccc(C)cc2OC)CC1. The number of rotatable bonds is 4. The average molecular weight is 292 g/mol. The van der Waals surface area contributed by atoms with E-state index in [-0.39, 0.29) is 6.09 Å². The Balaban J connectivity index is 1.90. The van der Waals surface area contributed by atoms with E-state index in [0.717, 1.165) is 37.4 Å². The number of amides is 1. The van der Waals surface area contributed by atoms with E-state index in [0.29, 0.717) is 12.6 Å². The number of aryl methyl sites for hydroxylation is 1. The summed E-state index contributed by atoms with van der Waals surface area (Å²) in [5, 5.41) is 3.52. The van der Waals surface area contributed by atoms with Gasteiger partial charge in [-0.2, -0.15) is 0 Å². The molecule has 116 valence electrons. The highest BCUT2D eigenvalue weighted by atomic mass is 16.6. The Morgan fingerprint density at radius 1 is 1.38 bits per heavy atom. The maximum absolute atomic E-state index is 11.7. The van der Waals surface area contributed by atoms with Gasteiger partial charge in [-0.1, -0.05) is 6.07 Å². The molecule has 1 aromatic carbocycles. The fourth-order valence-corrected chi connectivity index (χ4v) is 2.56. The number of piperidine rings is 1. The molecule has 0 radical (unpaired) electrons. The molecule has 0 spiro atoms. The summed E-state index contributed by atoms with van der Waals surface area (Å²) >= 11 is 0.